The smallest absolute Gasteiger partial charge is 0.407 e. The number of alkyl halides is 2. The van der Waals surface area contributed by atoms with E-state index >= 15 is 0 Å². The van der Waals surface area contributed by atoms with Gasteiger partial charge < -0.3 is 15.3 Å². The second-order valence-corrected chi connectivity index (χ2v) is 6.06. The fourth-order valence-electron chi connectivity index (χ4n) is 3.26. The molecule has 0 bridgehead atoms. The molecule has 1 heterocycles. The maximum absolute atomic E-state index is 13.1. The van der Waals surface area contributed by atoms with E-state index in [1.165, 1.54) is 4.90 Å². The number of hydrogen-bond donors (Lipinski definition) is 2. The standard InChI is InChI=1S/C14H24F2N2O2/c15-14(16)6-3-12(4-7-14)18(13(19)20)9-5-11-2-1-8-17-10-11/h11-12,17H,1-10H2,(H,19,20)/t11-/m1/s1. The van der Waals surface area contributed by atoms with E-state index < -0.39 is 12.0 Å². The Morgan fingerprint density at radius 1 is 1.30 bits per heavy atom. The Morgan fingerprint density at radius 2 is 2.00 bits per heavy atom. The van der Waals surface area contributed by atoms with Gasteiger partial charge in [-0.1, -0.05) is 0 Å². The van der Waals surface area contributed by atoms with Crippen LogP contribution in [0, 0.1) is 5.92 Å². The van der Waals surface area contributed by atoms with E-state index in [0.29, 0.717) is 12.5 Å². The Hall–Kier alpha value is -0.910. The lowest BCUT2D eigenvalue weighted by molar-refractivity contribution is -0.0519. The summed E-state index contributed by atoms with van der Waals surface area (Å²) in [7, 11) is 0. The molecule has 0 radical (unpaired) electrons. The largest absolute Gasteiger partial charge is 0.465 e. The Kier molecular flexibility index (Phi) is 5.18. The van der Waals surface area contributed by atoms with Gasteiger partial charge in [-0.2, -0.15) is 0 Å². The maximum Gasteiger partial charge on any atom is 0.407 e. The van der Waals surface area contributed by atoms with Gasteiger partial charge in [0.15, 0.2) is 0 Å². The lowest BCUT2D eigenvalue weighted by Crippen LogP contribution is -2.45. The third-order valence-electron chi connectivity index (χ3n) is 4.55. The van der Waals surface area contributed by atoms with Crippen LogP contribution >= 0.6 is 0 Å². The number of carboxylic acid groups (broad SMARTS) is 1. The third kappa shape index (κ3) is 4.30. The summed E-state index contributed by atoms with van der Waals surface area (Å²) in [6.07, 6.45) is 2.30. The van der Waals surface area contributed by atoms with Crippen molar-refractivity contribution in [3.63, 3.8) is 0 Å². The van der Waals surface area contributed by atoms with Crippen molar-refractivity contribution in [1.29, 1.82) is 0 Å². The topological polar surface area (TPSA) is 52.6 Å². The third-order valence-corrected chi connectivity index (χ3v) is 4.55. The molecule has 1 amide bonds. The van der Waals surface area contributed by atoms with Crippen molar-refractivity contribution >= 4 is 6.09 Å². The molecule has 0 aromatic rings. The van der Waals surface area contributed by atoms with E-state index in [2.05, 4.69) is 5.32 Å². The number of carbonyl (C=O) groups is 1. The molecule has 1 aliphatic carbocycles. The summed E-state index contributed by atoms with van der Waals surface area (Å²) in [6.45, 7) is 2.45. The van der Waals surface area contributed by atoms with Crippen LogP contribution in [0.2, 0.25) is 0 Å². The Morgan fingerprint density at radius 3 is 2.55 bits per heavy atom. The zero-order chi connectivity index (χ0) is 14.6. The molecule has 2 rings (SSSR count). The summed E-state index contributed by atoms with van der Waals surface area (Å²) >= 11 is 0. The van der Waals surface area contributed by atoms with Crippen LogP contribution in [0.15, 0.2) is 0 Å². The quantitative estimate of drug-likeness (QED) is 0.837. The molecule has 2 N–H and O–H groups in total. The number of piperidine rings is 1. The zero-order valence-corrected chi connectivity index (χ0v) is 11.8. The molecule has 20 heavy (non-hydrogen) atoms. The minimum atomic E-state index is -2.60. The van der Waals surface area contributed by atoms with E-state index in [9.17, 15) is 18.7 Å². The van der Waals surface area contributed by atoms with Gasteiger partial charge >= 0.3 is 6.09 Å². The van der Waals surface area contributed by atoms with Crippen LogP contribution in [0.25, 0.3) is 0 Å². The van der Waals surface area contributed by atoms with Crippen molar-refractivity contribution in [2.75, 3.05) is 19.6 Å². The summed E-state index contributed by atoms with van der Waals surface area (Å²) in [4.78, 5) is 12.7. The normalized spacial score (nSPS) is 27.2. The van der Waals surface area contributed by atoms with Gasteiger partial charge in [0.05, 0.1) is 0 Å². The summed E-state index contributed by atoms with van der Waals surface area (Å²) in [6, 6.07) is -0.233. The van der Waals surface area contributed by atoms with Crippen LogP contribution in [-0.2, 0) is 0 Å². The highest BCUT2D eigenvalue weighted by molar-refractivity contribution is 5.65. The van der Waals surface area contributed by atoms with Gasteiger partial charge in [0.25, 0.3) is 0 Å². The first-order valence-electron chi connectivity index (χ1n) is 7.56. The second-order valence-electron chi connectivity index (χ2n) is 6.06. The molecule has 0 aromatic carbocycles. The van der Waals surface area contributed by atoms with E-state index in [1.807, 2.05) is 0 Å². The fraction of sp³-hybridized carbons (Fsp3) is 0.929. The molecular weight excluding hydrogens is 266 g/mol. The monoisotopic (exact) mass is 290 g/mol. The fourth-order valence-corrected chi connectivity index (χ4v) is 3.26. The van der Waals surface area contributed by atoms with Gasteiger partial charge in [-0.15, -0.1) is 0 Å². The average Bonchev–Trinajstić information content (AvgIpc) is 2.41. The molecule has 6 heteroatoms. The Balaban J connectivity index is 1.82. The molecule has 1 aliphatic heterocycles. The number of nitrogens with one attached hydrogen (secondary N) is 1. The Bertz CT molecular complexity index is 323. The molecule has 0 unspecified atom stereocenters. The summed E-state index contributed by atoms with van der Waals surface area (Å²) in [5.74, 6) is -2.09. The van der Waals surface area contributed by atoms with Crippen LogP contribution in [-0.4, -0.2) is 47.7 Å². The van der Waals surface area contributed by atoms with Gasteiger partial charge in [-0.05, 0) is 51.1 Å². The first-order chi connectivity index (χ1) is 9.48. The second kappa shape index (κ2) is 6.70. The minimum absolute atomic E-state index is 0.188. The SMILES string of the molecule is O=C(O)N(CC[C@H]1CCCNC1)C1CCC(F)(F)CC1. The number of nitrogens with zero attached hydrogens (tertiary/aromatic N) is 1. The van der Waals surface area contributed by atoms with Crippen LogP contribution in [0.5, 0.6) is 0 Å². The summed E-state index contributed by atoms with van der Waals surface area (Å²) in [5, 5.41) is 12.6. The van der Waals surface area contributed by atoms with Gasteiger partial charge in [0.2, 0.25) is 5.92 Å². The highest BCUT2D eigenvalue weighted by Gasteiger charge is 2.38. The van der Waals surface area contributed by atoms with Crippen LogP contribution in [0.1, 0.15) is 44.9 Å². The molecule has 116 valence electrons. The zero-order valence-electron chi connectivity index (χ0n) is 11.8. The van der Waals surface area contributed by atoms with Crippen LogP contribution in [0.3, 0.4) is 0 Å². The van der Waals surface area contributed by atoms with Crippen LogP contribution in [0.4, 0.5) is 13.6 Å². The number of hydrogen-bond acceptors (Lipinski definition) is 2. The van der Waals surface area contributed by atoms with E-state index in [1.54, 1.807) is 0 Å². The summed E-state index contributed by atoms with van der Waals surface area (Å²) in [5.41, 5.74) is 0. The lowest BCUT2D eigenvalue weighted by Gasteiger charge is -2.36. The molecular formula is C14H24F2N2O2. The van der Waals surface area contributed by atoms with Gasteiger partial charge in [0, 0.05) is 25.4 Å². The van der Waals surface area contributed by atoms with Gasteiger partial charge in [0.1, 0.15) is 0 Å². The molecule has 2 aliphatic rings. The molecule has 1 atom stereocenters. The van der Waals surface area contributed by atoms with Gasteiger partial charge in [-0.3, -0.25) is 0 Å². The first-order valence-corrected chi connectivity index (χ1v) is 7.56. The number of halogens is 2. The maximum atomic E-state index is 13.1. The molecule has 1 saturated heterocycles. The predicted octanol–water partition coefficient (Wildman–Crippen LogP) is 2.93. The van der Waals surface area contributed by atoms with Crippen LogP contribution < -0.4 is 5.32 Å². The van der Waals surface area contributed by atoms with Crippen molar-refractivity contribution in [2.45, 2.75) is 56.9 Å². The van der Waals surface area contributed by atoms with Crippen molar-refractivity contribution in [2.24, 2.45) is 5.92 Å². The first kappa shape index (κ1) is 15.5. The van der Waals surface area contributed by atoms with Gasteiger partial charge in [-0.25, -0.2) is 13.6 Å². The summed E-state index contributed by atoms with van der Waals surface area (Å²) < 4.78 is 26.3. The van der Waals surface area contributed by atoms with E-state index in [-0.39, 0.29) is 31.7 Å². The number of amides is 1. The molecule has 2 fully saturated rings. The lowest BCUT2D eigenvalue weighted by atomic mass is 9.90. The molecule has 0 aromatic heterocycles. The molecule has 4 nitrogen and oxygen atoms in total. The predicted molar refractivity (Wildman–Crippen MR) is 72.1 cm³/mol. The van der Waals surface area contributed by atoms with E-state index in [0.717, 1.165) is 32.4 Å². The average molecular weight is 290 g/mol. The van der Waals surface area contributed by atoms with Crippen molar-refractivity contribution in [3.05, 3.63) is 0 Å². The number of rotatable bonds is 4. The highest BCUT2D eigenvalue weighted by atomic mass is 19.3. The molecule has 1 saturated carbocycles. The van der Waals surface area contributed by atoms with Crippen molar-refractivity contribution < 1.29 is 18.7 Å². The Labute approximate surface area is 118 Å². The molecule has 0 spiro atoms. The van der Waals surface area contributed by atoms with E-state index in [4.69, 9.17) is 0 Å². The highest BCUT2D eigenvalue weighted by Crippen LogP contribution is 2.35. The minimum Gasteiger partial charge on any atom is -0.465 e. The van der Waals surface area contributed by atoms with Crippen molar-refractivity contribution in [1.82, 2.24) is 10.2 Å². The van der Waals surface area contributed by atoms with Crippen molar-refractivity contribution in [3.8, 4) is 0 Å².